The number of aromatic nitrogens is 1. The number of nitrogens with zero attached hydrogens (tertiary/aromatic N) is 1. The molecule has 1 amide bonds. The van der Waals surface area contributed by atoms with Crippen molar-refractivity contribution in [3.63, 3.8) is 0 Å². The molecular formula is C8H12N2O3. The molecule has 0 atom stereocenters. The fourth-order valence-electron chi connectivity index (χ4n) is 0.831. The van der Waals surface area contributed by atoms with Gasteiger partial charge in [0.25, 0.3) is 5.91 Å². The summed E-state index contributed by atoms with van der Waals surface area (Å²) in [5.41, 5.74) is 0.192. The van der Waals surface area contributed by atoms with Crippen molar-refractivity contribution in [2.45, 2.75) is 26.5 Å². The van der Waals surface area contributed by atoms with E-state index in [4.69, 9.17) is 5.11 Å². The second-order valence-corrected chi connectivity index (χ2v) is 2.96. The molecule has 1 heterocycles. The van der Waals surface area contributed by atoms with Crippen LogP contribution in [0.4, 0.5) is 0 Å². The molecule has 0 aliphatic carbocycles. The highest BCUT2D eigenvalue weighted by Crippen LogP contribution is 2.03. The molecule has 0 aliphatic heterocycles. The molecule has 0 saturated heterocycles. The zero-order chi connectivity index (χ0) is 9.84. The van der Waals surface area contributed by atoms with Crippen molar-refractivity contribution in [2.75, 3.05) is 0 Å². The van der Waals surface area contributed by atoms with Crippen LogP contribution in [0.2, 0.25) is 0 Å². The van der Waals surface area contributed by atoms with Crippen molar-refractivity contribution in [1.29, 1.82) is 0 Å². The van der Waals surface area contributed by atoms with E-state index in [9.17, 15) is 4.79 Å². The highest BCUT2D eigenvalue weighted by atomic mass is 16.5. The number of amides is 1. The normalized spacial score (nSPS) is 10.5. The minimum atomic E-state index is -0.293. The van der Waals surface area contributed by atoms with E-state index in [0.29, 0.717) is 0 Å². The van der Waals surface area contributed by atoms with Gasteiger partial charge in [0.05, 0.1) is 0 Å². The minimum Gasteiger partial charge on any atom is -0.388 e. The van der Waals surface area contributed by atoms with Crippen LogP contribution in [0.25, 0.3) is 0 Å². The van der Waals surface area contributed by atoms with Crippen LogP contribution in [-0.2, 0) is 6.61 Å². The fourth-order valence-corrected chi connectivity index (χ4v) is 0.831. The monoisotopic (exact) mass is 184 g/mol. The largest absolute Gasteiger partial charge is 0.388 e. The summed E-state index contributed by atoms with van der Waals surface area (Å²) in [7, 11) is 0. The number of carbonyl (C=O) groups excluding carboxylic acids is 1. The van der Waals surface area contributed by atoms with E-state index in [0.717, 1.165) is 0 Å². The van der Waals surface area contributed by atoms with Gasteiger partial charge in [-0.1, -0.05) is 5.16 Å². The molecule has 0 saturated carbocycles. The number of hydrogen-bond donors (Lipinski definition) is 2. The van der Waals surface area contributed by atoms with E-state index in [1.807, 2.05) is 13.8 Å². The first-order valence-electron chi connectivity index (χ1n) is 4.00. The predicted molar refractivity (Wildman–Crippen MR) is 45.0 cm³/mol. The smallest absolute Gasteiger partial charge is 0.273 e. The van der Waals surface area contributed by atoms with Crippen LogP contribution in [0.5, 0.6) is 0 Å². The lowest BCUT2D eigenvalue weighted by Crippen LogP contribution is -2.30. The summed E-state index contributed by atoms with van der Waals surface area (Å²) in [6.45, 7) is 3.46. The van der Waals surface area contributed by atoms with E-state index in [-0.39, 0.29) is 30.0 Å². The number of aliphatic hydroxyl groups excluding tert-OH is 1. The molecule has 13 heavy (non-hydrogen) atoms. The van der Waals surface area contributed by atoms with Crippen LogP contribution < -0.4 is 5.32 Å². The van der Waals surface area contributed by atoms with Crippen molar-refractivity contribution in [3.05, 3.63) is 17.5 Å². The van der Waals surface area contributed by atoms with Crippen molar-refractivity contribution in [1.82, 2.24) is 10.5 Å². The molecule has 5 heteroatoms. The Morgan fingerprint density at radius 2 is 2.46 bits per heavy atom. The molecule has 72 valence electrons. The van der Waals surface area contributed by atoms with Gasteiger partial charge in [-0.25, -0.2) is 0 Å². The molecule has 0 spiro atoms. The van der Waals surface area contributed by atoms with Crippen LogP contribution in [0, 0.1) is 0 Å². The average molecular weight is 184 g/mol. The van der Waals surface area contributed by atoms with Crippen molar-refractivity contribution in [3.8, 4) is 0 Å². The maximum atomic E-state index is 11.3. The van der Waals surface area contributed by atoms with E-state index < -0.39 is 0 Å². The molecule has 0 fully saturated rings. The minimum absolute atomic E-state index is 0.0572. The van der Waals surface area contributed by atoms with Gasteiger partial charge in [-0.3, -0.25) is 4.79 Å². The molecule has 1 rings (SSSR count). The Labute approximate surface area is 75.7 Å². The van der Waals surface area contributed by atoms with Crippen molar-refractivity contribution < 1.29 is 14.4 Å². The maximum absolute atomic E-state index is 11.3. The SMILES string of the molecule is CC(C)NC(=O)c1cc(CO)on1. The zero-order valence-electron chi connectivity index (χ0n) is 7.57. The van der Waals surface area contributed by atoms with Crippen LogP contribution >= 0.6 is 0 Å². The number of rotatable bonds is 3. The summed E-state index contributed by atoms with van der Waals surface area (Å²) < 4.78 is 4.66. The molecule has 0 aromatic carbocycles. The first-order valence-corrected chi connectivity index (χ1v) is 4.00. The van der Waals surface area contributed by atoms with Gasteiger partial charge in [-0.05, 0) is 13.8 Å². The van der Waals surface area contributed by atoms with Gasteiger partial charge < -0.3 is 14.9 Å². The quantitative estimate of drug-likeness (QED) is 0.708. The van der Waals surface area contributed by atoms with Gasteiger partial charge in [0.1, 0.15) is 6.61 Å². The van der Waals surface area contributed by atoms with Gasteiger partial charge in [-0.15, -0.1) is 0 Å². The molecule has 1 aromatic heterocycles. The highest BCUT2D eigenvalue weighted by Gasteiger charge is 2.12. The van der Waals surface area contributed by atoms with Gasteiger partial charge >= 0.3 is 0 Å². The Morgan fingerprint density at radius 1 is 1.77 bits per heavy atom. The predicted octanol–water partition coefficient (Wildman–Crippen LogP) is 0.305. The summed E-state index contributed by atoms with van der Waals surface area (Å²) in [5.74, 6) is -0.00708. The Kier molecular flexibility index (Phi) is 3.02. The molecule has 0 unspecified atom stereocenters. The number of nitrogens with one attached hydrogen (secondary N) is 1. The van der Waals surface area contributed by atoms with Crippen LogP contribution in [0.15, 0.2) is 10.6 Å². The Morgan fingerprint density at radius 3 is 2.92 bits per heavy atom. The van der Waals surface area contributed by atoms with Crippen LogP contribution in [0.3, 0.4) is 0 Å². The summed E-state index contributed by atoms with van der Waals surface area (Å²) in [5, 5.41) is 14.8. The van der Waals surface area contributed by atoms with E-state index >= 15 is 0 Å². The van der Waals surface area contributed by atoms with Gasteiger partial charge in [0, 0.05) is 12.1 Å². The molecule has 0 bridgehead atoms. The van der Waals surface area contributed by atoms with E-state index in [1.165, 1.54) is 6.07 Å². The van der Waals surface area contributed by atoms with Gasteiger partial charge in [0.2, 0.25) is 0 Å². The van der Waals surface area contributed by atoms with Gasteiger partial charge in [0.15, 0.2) is 11.5 Å². The topological polar surface area (TPSA) is 75.4 Å². The Hall–Kier alpha value is -1.36. The standard InChI is InChI=1S/C8H12N2O3/c1-5(2)9-8(12)7-3-6(4-11)13-10-7/h3,5,11H,4H2,1-2H3,(H,9,12). The summed E-state index contributed by atoms with van der Waals surface area (Å²) >= 11 is 0. The third-order valence-electron chi connectivity index (χ3n) is 1.37. The molecule has 5 nitrogen and oxygen atoms in total. The molecule has 1 aromatic rings. The lowest BCUT2D eigenvalue weighted by Gasteiger charge is -2.04. The van der Waals surface area contributed by atoms with Gasteiger partial charge in [-0.2, -0.15) is 0 Å². The molecule has 0 aliphatic rings. The first kappa shape index (κ1) is 9.73. The number of hydrogen-bond acceptors (Lipinski definition) is 4. The second kappa shape index (κ2) is 4.04. The summed E-state index contributed by atoms with van der Waals surface area (Å²) in [6, 6.07) is 1.47. The van der Waals surface area contributed by atoms with E-state index in [1.54, 1.807) is 0 Å². The third-order valence-corrected chi connectivity index (χ3v) is 1.37. The summed E-state index contributed by atoms with van der Waals surface area (Å²) in [6.07, 6.45) is 0. The highest BCUT2D eigenvalue weighted by molar-refractivity contribution is 5.92. The molecule has 0 radical (unpaired) electrons. The second-order valence-electron chi connectivity index (χ2n) is 2.96. The first-order chi connectivity index (χ1) is 6.13. The maximum Gasteiger partial charge on any atom is 0.273 e. The zero-order valence-corrected chi connectivity index (χ0v) is 7.57. The lowest BCUT2D eigenvalue weighted by molar-refractivity contribution is 0.0933. The van der Waals surface area contributed by atoms with Crippen molar-refractivity contribution in [2.24, 2.45) is 0 Å². The Balaban J connectivity index is 2.66. The van der Waals surface area contributed by atoms with Crippen molar-refractivity contribution >= 4 is 5.91 Å². The average Bonchev–Trinajstić information content (AvgIpc) is 2.50. The van der Waals surface area contributed by atoms with Crippen LogP contribution in [0.1, 0.15) is 30.1 Å². The van der Waals surface area contributed by atoms with E-state index in [2.05, 4.69) is 15.0 Å². The number of carbonyl (C=O) groups is 1. The molecular weight excluding hydrogens is 172 g/mol. The lowest BCUT2D eigenvalue weighted by atomic mass is 10.3. The van der Waals surface area contributed by atoms with Crippen LogP contribution in [-0.4, -0.2) is 22.2 Å². The molecule has 2 N–H and O–H groups in total. The fraction of sp³-hybridized carbons (Fsp3) is 0.500. The Bertz CT molecular complexity index is 293. The number of aliphatic hydroxyl groups is 1. The summed E-state index contributed by atoms with van der Waals surface area (Å²) in [4.78, 5) is 11.3. The third kappa shape index (κ3) is 2.55.